The van der Waals surface area contributed by atoms with Gasteiger partial charge in [-0.2, -0.15) is 9.40 Å². The first-order chi connectivity index (χ1) is 13.5. The van der Waals surface area contributed by atoms with E-state index in [0.717, 1.165) is 0 Å². The van der Waals surface area contributed by atoms with E-state index in [1.165, 1.54) is 22.6 Å². The van der Waals surface area contributed by atoms with Gasteiger partial charge in [0.25, 0.3) is 5.91 Å². The van der Waals surface area contributed by atoms with E-state index >= 15 is 0 Å². The molecule has 2 heterocycles. The number of aromatic amines is 1. The Labute approximate surface area is 163 Å². The second-order valence-electron chi connectivity index (χ2n) is 6.43. The van der Waals surface area contributed by atoms with Gasteiger partial charge in [-0.05, 0) is 24.6 Å². The van der Waals surface area contributed by atoms with Crippen molar-refractivity contribution in [1.29, 1.82) is 0 Å². The van der Waals surface area contributed by atoms with Crippen LogP contribution in [0.3, 0.4) is 0 Å². The van der Waals surface area contributed by atoms with Crippen molar-refractivity contribution in [2.24, 2.45) is 0 Å². The van der Waals surface area contributed by atoms with Gasteiger partial charge in [-0.15, -0.1) is 0 Å². The van der Waals surface area contributed by atoms with Gasteiger partial charge in [0.15, 0.2) is 0 Å². The number of carbonyl (C=O) groups excluding carboxylic acids is 2. The second kappa shape index (κ2) is 8.98. The lowest BCUT2D eigenvalue weighted by molar-refractivity contribution is -0.121. The lowest BCUT2D eigenvalue weighted by Gasteiger charge is -2.24. The van der Waals surface area contributed by atoms with Crippen LogP contribution in [0.4, 0.5) is 0 Å². The molecule has 1 saturated heterocycles. The molecule has 0 unspecified atom stereocenters. The fourth-order valence-electron chi connectivity index (χ4n) is 3.04. The highest BCUT2D eigenvalue weighted by Gasteiger charge is 2.26. The molecule has 1 aromatic carbocycles. The van der Waals surface area contributed by atoms with E-state index in [-0.39, 0.29) is 36.2 Å². The highest BCUT2D eigenvalue weighted by Crippen LogP contribution is 2.16. The van der Waals surface area contributed by atoms with Crippen LogP contribution in [0.15, 0.2) is 47.5 Å². The van der Waals surface area contributed by atoms with E-state index in [2.05, 4.69) is 15.5 Å². The van der Waals surface area contributed by atoms with Crippen molar-refractivity contribution in [1.82, 2.24) is 24.7 Å². The number of hydrogen-bond donors (Lipinski definition) is 2. The molecule has 1 fully saturated rings. The number of H-pyrrole nitrogens is 1. The third-order valence-corrected chi connectivity index (χ3v) is 6.44. The summed E-state index contributed by atoms with van der Waals surface area (Å²) in [6.07, 6.45) is 2.02. The predicted octanol–water partition coefficient (Wildman–Crippen LogP) is 0.453. The molecule has 1 aromatic heterocycles. The van der Waals surface area contributed by atoms with Crippen molar-refractivity contribution in [3.8, 4) is 0 Å². The number of carbonyl (C=O) groups is 2. The zero-order chi connectivity index (χ0) is 20.0. The maximum atomic E-state index is 12.9. The Morgan fingerprint density at radius 1 is 1.04 bits per heavy atom. The topological polar surface area (TPSA) is 115 Å². The van der Waals surface area contributed by atoms with Crippen molar-refractivity contribution in [2.75, 3.05) is 32.7 Å². The van der Waals surface area contributed by atoms with Crippen LogP contribution in [0.25, 0.3) is 0 Å². The third-order valence-electron chi connectivity index (χ3n) is 4.53. The first kappa shape index (κ1) is 20.0. The Bertz CT molecular complexity index is 899. The minimum Gasteiger partial charge on any atom is -0.354 e. The number of sulfonamides is 1. The molecule has 3 rings (SSSR count). The van der Waals surface area contributed by atoms with Gasteiger partial charge in [0, 0.05) is 45.3 Å². The largest absolute Gasteiger partial charge is 0.354 e. The Morgan fingerprint density at radius 2 is 1.82 bits per heavy atom. The second-order valence-corrected chi connectivity index (χ2v) is 8.37. The molecule has 9 nitrogen and oxygen atoms in total. The van der Waals surface area contributed by atoms with Crippen LogP contribution < -0.4 is 5.32 Å². The van der Waals surface area contributed by atoms with Gasteiger partial charge in [0.1, 0.15) is 5.69 Å². The number of amides is 2. The van der Waals surface area contributed by atoms with Gasteiger partial charge in [-0.3, -0.25) is 14.7 Å². The summed E-state index contributed by atoms with van der Waals surface area (Å²) in [5.74, 6) is -0.479. The van der Waals surface area contributed by atoms with E-state index < -0.39 is 10.0 Å². The van der Waals surface area contributed by atoms with Crippen LogP contribution in [-0.2, 0) is 14.8 Å². The van der Waals surface area contributed by atoms with E-state index in [9.17, 15) is 18.0 Å². The molecule has 0 spiro atoms. The average molecular weight is 405 g/mol. The first-order valence-electron chi connectivity index (χ1n) is 9.09. The van der Waals surface area contributed by atoms with Crippen molar-refractivity contribution >= 4 is 21.8 Å². The van der Waals surface area contributed by atoms with Crippen LogP contribution in [0.2, 0.25) is 0 Å². The standard InChI is InChI=1S/C18H23N5O4S/c24-17-8-13-23(28(26,27)15-5-2-1-3-6-15)12-4-11-22(14-10-19-17)18(25)16-7-9-20-21-16/h1-3,5-7,9H,4,8,10-14H2,(H,19,24)(H,20,21). The molecule has 28 heavy (non-hydrogen) atoms. The zero-order valence-corrected chi connectivity index (χ0v) is 16.2. The summed E-state index contributed by atoms with van der Waals surface area (Å²) < 4.78 is 27.2. The van der Waals surface area contributed by atoms with Gasteiger partial charge < -0.3 is 10.2 Å². The fraction of sp³-hybridized carbons (Fsp3) is 0.389. The molecule has 2 amide bonds. The highest BCUT2D eigenvalue weighted by molar-refractivity contribution is 7.89. The van der Waals surface area contributed by atoms with E-state index in [0.29, 0.717) is 31.7 Å². The van der Waals surface area contributed by atoms with Crippen LogP contribution in [-0.4, -0.2) is 72.4 Å². The van der Waals surface area contributed by atoms with Gasteiger partial charge in [0.05, 0.1) is 4.90 Å². The molecule has 0 saturated carbocycles. The Hall–Kier alpha value is -2.72. The van der Waals surface area contributed by atoms with Crippen molar-refractivity contribution in [2.45, 2.75) is 17.7 Å². The highest BCUT2D eigenvalue weighted by atomic mass is 32.2. The molecule has 10 heteroatoms. The van der Waals surface area contributed by atoms with Crippen LogP contribution >= 0.6 is 0 Å². The molecule has 2 N–H and O–H groups in total. The molecular weight excluding hydrogens is 382 g/mol. The maximum Gasteiger partial charge on any atom is 0.271 e. The minimum absolute atomic E-state index is 0.0700. The molecule has 0 bridgehead atoms. The smallest absolute Gasteiger partial charge is 0.271 e. The summed E-state index contributed by atoms with van der Waals surface area (Å²) in [5, 5.41) is 9.17. The summed E-state index contributed by atoms with van der Waals surface area (Å²) in [5.41, 5.74) is 0.356. The molecule has 2 aromatic rings. The molecule has 150 valence electrons. The summed E-state index contributed by atoms with van der Waals surface area (Å²) >= 11 is 0. The quantitative estimate of drug-likeness (QED) is 0.769. The number of hydrogen-bond acceptors (Lipinski definition) is 5. The van der Waals surface area contributed by atoms with Crippen molar-refractivity contribution < 1.29 is 18.0 Å². The Balaban J connectivity index is 1.76. The summed E-state index contributed by atoms with van der Waals surface area (Å²) in [4.78, 5) is 26.5. The van der Waals surface area contributed by atoms with Gasteiger partial charge in [-0.25, -0.2) is 8.42 Å². The minimum atomic E-state index is -3.71. The van der Waals surface area contributed by atoms with E-state index in [4.69, 9.17) is 0 Å². The third kappa shape index (κ3) is 4.76. The molecular formula is C18H23N5O4S. The van der Waals surface area contributed by atoms with Crippen molar-refractivity contribution in [3.05, 3.63) is 48.3 Å². The monoisotopic (exact) mass is 405 g/mol. The lowest BCUT2D eigenvalue weighted by Crippen LogP contribution is -2.39. The SMILES string of the molecule is O=C1CCN(S(=O)(=O)c2ccccc2)CCCN(C(=O)c2ccn[nH]2)CCN1. The number of nitrogens with zero attached hydrogens (tertiary/aromatic N) is 3. The Kier molecular flexibility index (Phi) is 6.42. The lowest BCUT2D eigenvalue weighted by atomic mass is 10.3. The predicted molar refractivity (Wildman–Crippen MR) is 102 cm³/mol. The average Bonchev–Trinajstić information content (AvgIpc) is 3.22. The zero-order valence-electron chi connectivity index (χ0n) is 15.4. The molecule has 1 aliphatic heterocycles. The van der Waals surface area contributed by atoms with Gasteiger partial charge >= 0.3 is 0 Å². The molecule has 0 radical (unpaired) electrons. The molecule has 0 atom stereocenters. The number of rotatable bonds is 3. The van der Waals surface area contributed by atoms with Crippen molar-refractivity contribution in [3.63, 3.8) is 0 Å². The molecule has 0 aliphatic carbocycles. The van der Waals surface area contributed by atoms with E-state index in [1.54, 1.807) is 29.2 Å². The summed E-state index contributed by atoms with van der Waals surface area (Å²) in [6, 6.07) is 9.73. The molecule has 1 aliphatic rings. The number of aromatic nitrogens is 2. The Morgan fingerprint density at radius 3 is 2.54 bits per heavy atom. The van der Waals surface area contributed by atoms with E-state index in [1.807, 2.05) is 0 Å². The summed E-state index contributed by atoms with van der Waals surface area (Å²) in [7, 11) is -3.71. The maximum absolute atomic E-state index is 12.9. The normalized spacial score (nSPS) is 17.6. The van der Waals surface area contributed by atoms with Crippen LogP contribution in [0.5, 0.6) is 0 Å². The van der Waals surface area contributed by atoms with Crippen LogP contribution in [0.1, 0.15) is 23.3 Å². The summed E-state index contributed by atoms with van der Waals surface area (Å²) in [6.45, 7) is 1.34. The van der Waals surface area contributed by atoms with Gasteiger partial charge in [-0.1, -0.05) is 18.2 Å². The number of nitrogens with one attached hydrogen (secondary N) is 2. The van der Waals surface area contributed by atoms with Crippen LogP contribution in [0, 0.1) is 0 Å². The fourth-order valence-corrected chi connectivity index (χ4v) is 4.54. The number of benzene rings is 1. The van der Waals surface area contributed by atoms with Gasteiger partial charge in [0.2, 0.25) is 15.9 Å². The first-order valence-corrected chi connectivity index (χ1v) is 10.5.